The zero-order valence-corrected chi connectivity index (χ0v) is 9.22. The summed E-state index contributed by atoms with van der Waals surface area (Å²) in [5.74, 6) is 0. The second-order valence-electron chi connectivity index (χ2n) is 2.80. The molecule has 0 aliphatic heterocycles. The molecule has 6 heteroatoms. The first-order valence-corrected chi connectivity index (χ1v) is 5.41. The molecule has 0 bridgehead atoms. The molecule has 0 amide bonds. The van der Waals surface area contributed by atoms with Crippen molar-refractivity contribution in [1.29, 1.82) is 0 Å². The van der Waals surface area contributed by atoms with E-state index in [9.17, 15) is 0 Å². The van der Waals surface area contributed by atoms with E-state index in [4.69, 9.17) is 16.7 Å². The highest BCUT2D eigenvalue weighted by atomic mass is 35.5. The Morgan fingerprint density at radius 1 is 1.47 bits per heavy atom. The molecular formula is C9H8ClN3OS. The zero-order valence-electron chi connectivity index (χ0n) is 7.64. The lowest BCUT2D eigenvalue weighted by Gasteiger charge is -2.04. The Balaban J connectivity index is 2.30. The first kappa shape index (κ1) is 10.5. The van der Waals surface area contributed by atoms with Gasteiger partial charge in [0.05, 0.1) is 6.61 Å². The number of aromatic nitrogens is 3. The Kier molecular flexibility index (Phi) is 3.25. The summed E-state index contributed by atoms with van der Waals surface area (Å²) >= 11 is 7.26. The van der Waals surface area contributed by atoms with E-state index < -0.39 is 0 Å². The molecule has 0 fully saturated rings. The predicted molar refractivity (Wildman–Crippen MR) is 57.9 cm³/mol. The summed E-state index contributed by atoms with van der Waals surface area (Å²) in [6.45, 7) is -0.0202. The smallest absolute Gasteiger partial charge is 0.188 e. The minimum absolute atomic E-state index is 0.0202. The zero-order chi connectivity index (χ0) is 10.7. The molecule has 0 unspecified atom stereocenters. The monoisotopic (exact) mass is 241 g/mol. The van der Waals surface area contributed by atoms with E-state index in [1.165, 1.54) is 18.1 Å². The highest BCUT2D eigenvalue weighted by molar-refractivity contribution is 7.99. The molecule has 1 heterocycles. The summed E-state index contributed by atoms with van der Waals surface area (Å²) in [6, 6.07) is 5.33. The molecule has 0 aliphatic carbocycles. The third kappa shape index (κ3) is 2.50. The van der Waals surface area contributed by atoms with Gasteiger partial charge in [-0.25, -0.2) is 4.98 Å². The number of aliphatic hydroxyl groups is 1. The number of H-pyrrole nitrogens is 1. The minimum atomic E-state index is -0.0202. The highest BCUT2D eigenvalue weighted by Gasteiger charge is 2.06. The summed E-state index contributed by atoms with van der Waals surface area (Å²) < 4.78 is 0. The van der Waals surface area contributed by atoms with Crippen LogP contribution in [-0.4, -0.2) is 20.3 Å². The lowest BCUT2D eigenvalue weighted by Crippen LogP contribution is -1.88. The van der Waals surface area contributed by atoms with Gasteiger partial charge in [-0.2, -0.15) is 5.10 Å². The van der Waals surface area contributed by atoms with Crippen LogP contribution in [0.1, 0.15) is 5.56 Å². The van der Waals surface area contributed by atoms with Crippen LogP contribution in [0.3, 0.4) is 0 Å². The Bertz CT molecular complexity index is 447. The largest absolute Gasteiger partial charge is 0.392 e. The van der Waals surface area contributed by atoms with Crippen molar-refractivity contribution < 1.29 is 5.11 Å². The summed E-state index contributed by atoms with van der Waals surface area (Å²) in [4.78, 5) is 4.86. The van der Waals surface area contributed by atoms with Gasteiger partial charge in [0, 0.05) is 9.92 Å². The van der Waals surface area contributed by atoms with E-state index in [0.29, 0.717) is 10.2 Å². The number of benzene rings is 1. The standard InChI is InChI=1S/C9H8ClN3OS/c10-7-2-1-6(4-14)8(3-7)15-9-11-5-12-13-9/h1-3,5,14H,4H2,(H,11,12,13). The molecule has 1 aromatic heterocycles. The van der Waals surface area contributed by atoms with Crippen molar-refractivity contribution >= 4 is 23.4 Å². The first-order chi connectivity index (χ1) is 7.29. The second kappa shape index (κ2) is 4.65. The van der Waals surface area contributed by atoms with Crippen LogP contribution >= 0.6 is 23.4 Å². The molecule has 2 rings (SSSR count). The Morgan fingerprint density at radius 2 is 2.33 bits per heavy atom. The lowest BCUT2D eigenvalue weighted by atomic mass is 10.2. The fourth-order valence-corrected chi connectivity index (χ4v) is 2.19. The average Bonchev–Trinajstić information content (AvgIpc) is 2.71. The third-order valence-corrected chi connectivity index (χ3v) is 3.02. The maximum atomic E-state index is 9.14. The summed E-state index contributed by atoms with van der Waals surface area (Å²) in [5.41, 5.74) is 0.820. The number of hydrogen-bond acceptors (Lipinski definition) is 4. The van der Waals surface area contributed by atoms with E-state index in [-0.39, 0.29) is 6.61 Å². The van der Waals surface area contributed by atoms with Crippen LogP contribution in [-0.2, 0) is 6.61 Å². The van der Waals surface area contributed by atoms with Crippen LogP contribution in [0.4, 0.5) is 0 Å². The van der Waals surface area contributed by atoms with Crippen molar-refractivity contribution in [2.24, 2.45) is 0 Å². The molecule has 0 saturated carbocycles. The third-order valence-electron chi connectivity index (χ3n) is 1.80. The Labute approximate surface area is 95.7 Å². The molecule has 15 heavy (non-hydrogen) atoms. The number of halogens is 1. The van der Waals surface area contributed by atoms with Crippen LogP contribution in [0.5, 0.6) is 0 Å². The topological polar surface area (TPSA) is 61.8 Å². The molecule has 0 aliphatic rings. The fourth-order valence-electron chi connectivity index (χ4n) is 1.10. The predicted octanol–water partition coefficient (Wildman–Crippen LogP) is 2.10. The van der Waals surface area contributed by atoms with Crippen molar-refractivity contribution in [3.05, 3.63) is 35.1 Å². The molecule has 2 aromatic rings. The molecule has 1 aromatic carbocycles. The second-order valence-corrected chi connectivity index (χ2v) is 4.27. The van der Waals surface area contributed by atoms with Gasteiger partial charge in [-0.15, -0.1) is 0 Å². The van der Waals surface area contributed by atoms with Crippen molar-refractivity contribution in [1.82, 2.24) is 15.2 Å². The highest BCUT2D eigenvalue weighted by Crippen LogP contribution is 2.30. The van der Waals surface area contributed by atoms with E-state index in [1.807, 2.05) is 0 Å². The van der Waals surface area contributed by atoms with Gasteiger partial charge in [0.15, 0.2) is 5.16 Å². The van der Waals surface area contributed by atoms with Gasteiger partial charge >= 0.3 is 0 Å². The van der Waals surface area contributed by atoms with E-state index in [1.54, 1.807) is 18.2 Å². The Hall–Kier alpha value is -1.04. The van der Waals surface area contributed by atoms with Gasteiger partial charge in [-0.3, -0.25) is 5.10 Å². The van der Waals surface area contributed by atoms with Gasteiger partial charge < -0.3 is 5.11 Å². The van der Waals surface area contributed by atoms with Gasteiger partial charge in [0.1, 0.15) is 6.33 Å². The van der Waals surface area contributed by atoms with Gasteiger partial charge in [0.25, 0.3) is 0 Å². The number of aromatic amines is 1. The molecule has 0 spiro atoms. The summed E-state index contributed by atoms with van der Waals surface area (Å²) in [5, 5.41) is 16.9. The van der Waals surface area contributed by atoms with Crippen molar-refractivity contribution in [3.8, 4) is 0 Å². The molecule has 0 radical (unpaired) electrons. The van der Waals surface area contributed by atoms with Gasteiger partial charge in [0.2, 0.25) is 0 Å². The van der Waals surface area contributed by atoms with Gasteiger partial charge in [-0.1, -0.05) is 17.7 Å². The number of aliphatic hydroxyl groups excluding tert-OH is 1. The van der Waals surface area contributed by atoms with Crippen molar-refractivity contribution in [2.75, 3.05) is 0 Å². The molecular weight excluding hydrogens is 234 g/mol. The minimum Gasteiger partial charge on any atom is -0.392 e. The molecule has 2 N–H and O–H groups in total. The van der Waals surface area contributed by atoms with Crippen LogP contribution in [0, 0.1) is 0 Å². The van der Waals surface area contributed by atoms with Crippen LogP contribution in [0.25, 0.3) is 0 Å². The van der Waals surface area contributed by atoms with E-state index in [2.05, 4.69) is 15.2 Å². The number of nitrogens with zero attached hydrogens (tertiary/aromatic N) is 2. The SMILES string of the molecule is OCc1ccc(Cl)cc1Sc1ncn[nH]1. The number of nitrogens with one attached hydrogen (secondary N) is 1. The fraction of sp³-hybridized carbons (Fsp3) is 0.111. The van der Waals surface area contributed by atoms with Crippen molar-refractivity contribution in [2.45, 2.75) is 16.7 Å². The molecule has 4 nitrogen and oxygen atoms in total. The Morgan fingerprint density at radius 3 is 3.00 bits per heavy atom. The van der Waals surface area contributed by atoms with E-state index >= 15 is 0 Å². The number of rotatable bonds is 3. The van der Waals surface area contributed by atoms with Crippen LogP contribution < -0.4 is 0 Å². The number of hydrogen-bond donors (Lipinski definition) is 2. The van der Waals surface area contributed by atoms with Gasteiger partial charge in [-0.05, 0) is 29.5 Å². The normalized spacial score (nSPS) is 10.5. The lowest BCUT2D eigenvalue weighted by molar-refractivity contribution is 0.279. The van der Waals surface area contributed by atoms with Crippen molar-refractivity contribution in [3.63, 3.8) is 0 Å². The quantitative estimate of drug-likeness (QED) is 0.864. The first-order valence-electron chi connectivity index (χ1n) is 4.22. The average molecular weight is 242 g/mol. The molecule has 78 valence electrons. The summed E-state index contributed by atoms with van der Waals surface area (Å²) in [6.07, 6.45) is 1.44. The van der Waals surface area contributed by atoms with E-state index in [0.717, 1.165) is 10.5 Å². The summed E-state index contributed by atoms with van der Waals surface area (Å²) in [7, 11) is 0. The van der Waals surface area contributed by atoms with Crippen LogP contribution in [0.15, 0.2) is 34.6 Å². The maximum absolute atomic E-state index is 9.14. The molecule has 0 atom stereocenters. The maximum Gasteiger partial charge on any atom is 0.188 e. The molecule has 0 saturated heterocycles. The van der Waals surface area contributed by atoms with Crippen LogP contribution in [0.2, 0.25) is 5.02 Å².